The molecule has 1 aromatic carbocycles. The highest BCUT2D eigenvalue weighted by atomic mass is 79.9. The third-order valence-corrected chi connectivity index (χ3v) is 3.94. The van der Waals surface area contributed by atoms with Crippen molar-refractivity contribution in [3.8, 4) is 11.5 Å². The summed E-state index contributed by atoms with van der Waals surface area (Å²) in [5.74, 6) is 0.437. The van der Waals surface area contributed by atoms with E-state index in [1.807, 2.05) is 0 Å². The van der Waals surface area contributed by atoms with E-state index in [2.05, 4.69) is 31.3 Å². The van der Waals surface area contributed by atoms with Gasteiger partial charge in [0.15, 0.2) is 11.3 Å². The number of anilines is 1. The Morgan fingerprint density at radius 1 is 1.25 bits per heavy atom. The molecule has 0 spiro atoms. The summed E-state index contributed by atoms with van der Waals surface area (Å²) in [6.07, 6.45) is 3.34. The van der Waals surface area contributed by atoms with Crippen LogP contribution < -0.4 is 14.8 Å². The van der Waals surface area contributed by atoms with Crippen molar-refractivity contribution in [3.63, 3.8) is 0 Å². The zero-order chi connectivity index (χ0) is 17.3. The minimum atomic E-state index is -0.403. The summed E-state index contributed by atoms with van der Waals surface area (Å²) in [5, 5.41) is 7.32. The molecule has 0 atom stereocenters. The van der Waals surface area contributed by atoms with Crippen LogP contribution in [-0.4, -0.2) is 34.7 Å². The van der Waals surface area contributed by atoms with Crippen LogP contribution in [0.1, 0.15) is 10.5 Å². The Labute approximate surface area is 150 Å². The van der Waals surface area contributed by atoms with Crippen LogP contribution in [0, 0.1) is 0 Å². The SMILES string of the molecule is COc1cc(NC(=O)c2cc3ncc(Br)cn3n2)c(OC)cc1Cl. The fourth-order valence-corrected chi connectivity index (χ4v) is 2.64. The van der Waals surface area contributed by atoms with Crippen LogP contribution in [0.3, 0.4) is 0 Å². The van der Waals surface area contributed by atoms with E-state index in [1.165, 1.54) is 18.7 Å². The molecule has 0 radical (unpaired) electrons. The van der Waals surface area contributed by atoms with Gasteiger partial charge in [0.25, 0.3) is 5.91 Å². The average Bonchev–Trinajstić information content (AvgIpc) is 2.99. The maximum Gasteiger partial charge on any atom is 0.276 e. The Hall–Kier alpha value is -2.32. The molecule has 1 N–H and O–H groups in total. The number of methoxy groups -OCH3 is 2. The van der Waals surface area contributed by atoms with Crippen molar-refractivity contribution >= 4 is 44.8 Å². The van der Waals surface area contributed by atoms with Gasteiger partial charge >= 0.3 is 0 Å². The van der Waals surface area contributed by atoms with Crippen molar-refractivity contribution < 1.29 is 14.3 Å². The van der Waals surface area contributed by atoms with Gasteiger partial charge in [0.2, 0.25) is 0 Å². The van der Waals surface area contributed by atoms with Gasteiger partial charge in [0, 0.05) is 30.6 Å². The number of carbonyl (C=O) groups excluding carboxylic acids is 1. The maximum atomic E-state index is 12.5. The average molecular weight is 412 g/mol. The van der Waals surface area contributed by atoms with E-state index in [4.69, 9.17) is 21.1 Å². The number of hydrogen-bond donors (Lipinski definition) is 1. The van der Waals surface area contributed by atoms with Crippen molar-refractivity contribution in [1.82, 2.24) is 14.6 Å². The van der Waals surface area contributed by atoms with Gasteiger partial charge in [0.05, 0.1) is 29.4 Å². The number of nitrogens with zero attached hydrogens (tertiary/aromatic N) is 3. The van der Waals surface area contributed by atoms with Crippen LogP contribution in [0.5, 0.6) is 11.5 Å². The fraction of sp³-hybridized carbons (Fsp3) is 0.133. The predicted octanol–water partition coefficient (Wildman–Crippen LogP) is 3.41. The van der Waals surface area contributed by atoms with E-state index in [9.17, 15) is 4.79 Å². The van der Waals surface area contributed by atoms with E-state index in [-0.39, 0.29) is 5.69 Å². The predicted molar refractivity (Wildman–Crippen MR) is 93.2 cm³/mol. The monoisotopic (exact) mass is 410 g/mol. The van der Waals surface area contributed by atoms with Gasteiger partial charge in [-0.05, 0) is 15.9 Å². The lowest BCUT2D eigenvalue weighted by Gasteiger charge is -2.12. The largest absolute Gasteiger partial charge is 0.495 e. The first kappa shape index (κ1) is 16.5. The molecular formula is C15H12BrClN4O3. The summed E-state index contributed by atoms with van der Waals surface area (Å²) in [7, 11) is 2.98. The molecular weight excluding hydrogens is 400 g/mol. The Balaban J connectivity index is 1.93. The number of carbonyl (C=O) groups is 1. The number of ether oxygens (including phenoxy) is 2. The maximum absolute atomic E-state index is 12.5. The molecule has 0 saturated carbocycles. The van der Waals surface area contributed by atoms with Gasteiger partial charge in [-0.3, -0.25) is 4.79 Å². The summed E-state index contributed by atoms with van der Waals surface area (Å²) in [6, 6.07) is 4.74. The van der Waals surface area contributed by atoms with Crippen molar-refractivity contribution in [2.24, 2.45) is 0 Å². The molecule has 0 saturated heterocycles. The number of benzene rings is 1. The Morgan fingerprint density at radius 3 is 2.71 bits per heavy atom. The Morgan fingerprint density at radius 2 is 2.00 bits per heavy atom. The lowest BCUT2D eigenvalue weighted by Crippen LogP contribution is -2.13. The van der Waals surface area contributed by atoms with Gasteiger partial charge in [-0.2, -0.15) is 5.10 Å². The highest BCUT2D eigenvalue weighted by molar-refractivity contribution is 9.10. The molecule has 0 aliphatic rings. The summed E-state index contributed by atoms with van der Waals surface area (Å²) in [5.41, 5.74) is 1.20. The number of fused-ring (bicyclic) bond motifs is 1. The van der Waals surface area contributed by atoms with Crippen LogP contribution >= 0.6 is 27.5 Å². The summed E-state index contributed by atoms with van der Waals surface area (Å²) >= 11 is 9.36. The standard InChI is InChI=1S/C15H12BrClN4O3/c1-23-12-4-10(13(24-2)3-9(12)17)19-15(22)11-5-14-18-6-8(16)7-21(14)20-11/h3-7H,1-2H3,(H,19,22). The molecule has 1 amide bonds. The van der Waals surface area contributed by atoms with E-state index in [0.29, 0.717) is 27.9 Å². The van der Waals surface area contributed by atoms with E-state index >= 15 is 0 Å². The molecule has 0 unspecified atom stereocenters. The van der Waals surface area contributed by atoms with Gasteiger partial charge in [-0.25, -0.2) is 9.50 Å². The molecule has 7 nitrogen and oxygen atoms in total. The second-order valence-electron chi connectivity index (χ2n) is 4.75. The van der Waals surface area contributed by atoms with Crippen LogP contribution in [0.15, 0.2) is 35.1 Å². The minimum Gasteiger partial charge on any atom is -0.495 e. The number of nitrogens with one attached hydrogen (secondary N) is 1. The van der Waals surface area contributed by atoms with Gasteiger partial charge in [-0.1, -0.05) is 11.6 Å². The van der Waals surface area contributed by atoms with E-state index < -0.39 is 5.91 Å². The number of halogens is 2. The van der Waals surface area contributed by atoms with Crippen molar-refractivity contribution in [2.45, 2.75) is 0 Å². The first-order valence-electron chi connectivity index (χ1n) is 6.75. The summed E-state index contributed by atoms with van der Waals surface area (Å²) in [6.45, 7) is 0. The highest BCUT2D eigenvalue weighted by Gasteiger charge is 2.16. The molecule has 0 aliphatic heterocycles. The molecule has 3 rings (SSSR count). The lowest BCUT2D eigenvalue weighted by molar-refractivity contribution is 0.102. The zero-order valence-corrected chi connectivity index (χ0v) is 15.1. The number of hydrogen-bond acceptors (Lipinski definition) is 5. The van der Waals surface area contributed by atoms with Crippen LogP contribution in [0.25, 0.3) is 5.65 Å². The van der Waals surface area contributed by atoms with Crippen LogP contribution in [0.4, 0.5) is 5.69 Å². The van der Waals surface area contributed by atoms with Gasteiger partial charge in [0.1, 0.15) is 11.5 Å². The molecule has 2 heterocycles. The number of aromatic nitrogens is 3. The molecule has 0 aliphatic carbocycles. The third kappa shape index (κ3) is 3.15. The molecule has 2 aromatic heterocycles. The summed E-state index contributed by atoms with van der Waals surface area (Å²) < 4.78 is 12.7. The molecule has 3 aromatic rings. The smallest absolute Gasteiger partial charge is 0.276 e. The van der Waals surface area contributed by atoms with Crippen LogP contribution in [0.2, 0.25) is 5.02 Å². The molecule has 0 fully saturated rings. The van der Waals surface area contributed by atoms with E-state index in [1.54, 1.807) is 30.6 Å². The summed E-state index contributed by atoms with van der Waals surface area (Å²) in [4.78, 5) is 16.6. The van der Waals surface area contributed by atoms with Crippen molar-refractivity contribution in [2.75, 3.05) is 19.5 Å². The molecule has 9 heteroatoms. The highest BCUT2D eigenvalue weighted by Crippen LogP contribution is 2.36. The first-order valence-corrected chi connectivity index (χ1v) is 7.92. The second-order valence-corrected chi connectivity index (χ2v) is 6.07. The normalized spacial score (nSPS) is 10.7. The topological polar surface area (TPSA) is 77.8 Å². The second kappa shape index (κ2) is 6.66. The Kier molecular flexibility index (Phi) is 4.59. The molecule has 24 heavy (non-hydrogen) atoms. The van der Waals surface area contributed by atoms with Gasteiger partial charge in [-0.15, -0.1) is 0 Å². The molecule has 0 bridgehead atoms. The zero-order valence-electron chi connectivity index (χ0n) is 12.7. The minimum absolute atomic E-state index is 0.219. The number of amides is 1. The quantitative estimate of drug-likeness (QED) is 0.712. The lowest BCUT2D eigenvalue weighted by atomic mass is 10.2. The van der Waals surface area contributed by atoms with Crippen molar-refractivity contribution in [1.29, 1.82) is 0 Å². The number of rotatable bonds is 4. The third-order valence-electron chi connectivity index (χ3n) is 3.24. The van der Waals surface area contributed by atoms with E-state index in [0.717, 1.165) is 4.47 Å². The fourth-order valence-electron chi connectivity index (χ4n) is 2.11. The first-order chi connectivity index (χ1) is 11.5. The Bertz CT molecular complexity index is 928. The van der Waals surface area contributed by atoms with Crippen molar-refractivity contribution in [3.05, 3.63) is 45.8 Å². The van der Waals surface area contributed by atoms with Gasteiger partial charge < -0.3 is 14.8 Å². The van der Waals surface area contributed by atoms with Crippen LogP contribution in [-0.2, 0) is 0 Å². The molecule has 124 valence electrons.